The molecule has 2 heterocycles. The number of hydrogen-bond acceptors (Lipinski definition) is 4. The van der Waals surface area contributed by atoms with Crippen LogP contribution >= 0.6 is 0 Å². The van der Waals surface area contributed by atoms with Gasteiger partial charge < -0.3 is 9.90 Å². The number of rotatable bonds is 3. The molecule has 2 rings (SSSR count). The van der Waals surface area contributed by atoms with Crippen LogP contribution in [-0.4, -0.2) is 52.6 Å². The van der Waals surface area contributed by atoms with Crippen LogP contribution in [-0.2, 0) is 9.59 Å². The average Bonchev–Trinajstić information content (AvgIpc) is 2.85. The molecule has 15 heavy (non-hydrogen) atoms. The minimum Gasteiger partial charge on any atom is -0.480 e. The van der Waals surface area contributed by atoms with Crippen LogP contribution in [0.3, 0.4) is 0 Å². The summed E-state index contributed by atoms with van der Waals surface area (Å²) in [6, 6.07) is -0.532. The minimum atomic E-state index is -0.774. The van der Waals surface area contributed by atoms with E-state index in [1.165, 1.54) is 0 Å². The summed E-state index contributed by atoms with van der Waals surface area (Å²) in [7, 11) is 0. The maximum absolute atomic E-state index is 11.0. The van der Waals surface area contributed by atoms with E-state index in [1.807, 2.05) is 10.0 Å². The first kappa shape index (κ1) is 10.6. The topological polar surface area (TPSA) is 60.9 Å². The highest BCUT2D eigenvalue weighted by molar-refractivity contribution is 5.73. The molecule has 1 N–H and O–H groups in total. The highest BCUT2D eigenvalue weighted by atomic mass is 16.4. The third-order valence-corrected chi connectivity index (χ3v) is 3.27. The maximum atomic E-state index is 11.0. The van der Waals surface area contributed by atoms with Crippen molar-refractivity contribution in [1.82, 2.24) is 10.0 Å². The summed E-state index contributed by atoms with van der Waals surface area (Å²) in [5, 5.41) is 12.9. The van der Waals surface area contributed by atoms with Gasteiger partial charge in [0.15, 0.2) is 0 Å². The van der Waals surface area contributed by atoms with Crippen molar-refractivity contribution in [3.05, 3.63) is 0 Å². The van der Waals surface area contributed by atoms with Crippen LogP contribution in [0.25, 0.3) is 0 Å². The first-order valence-corrected chi connectivity index (χ1v) is 5.45. The van der Waals surface area contributed by atoms with E-state index < -0.39 is 12.0 Å². The summed E-state index contributed by atoms with van der Waals surface area (Å²) < 4.78 is 0. The first-order chi connectivity index (χ1) is 7.24. The van der Waals surface area contributed by atoms with Gasteiger partial charge in [-0.15, -0.1) is 0 Å². The molecule has 0 aromatic rings. The predicted octanol–water partition coefficient (Wildman–Crippen LogP) is 0.114. The lowest BCUT2D eigenvalue weighted by atomic mass is 10.2. The lowest BCUT2D eigenvalue weighted by Crippen LogP contribution is -2.51. The fraction of sp³-hybridized carbons (Fsp3) is 0.800. The number of carbonyl (C=O) groups excluding carboxylic acids is 1. The molecule has 0 aromatic heterocycles. The maximum Gasteiger partial charge on any atom is 0.322 e. The van der Waals surface area contributed by atoms with Gasteiger partial charge in [-0.2, -0.15) is 0 Å². The summed E-state index contributed by atoms with van der Waals surface area (Å²) in [5.74, 6) is -0.774. The van der Waals surface area contributed by atoms with Crippen LogP contribution in [0.5, 0.6) is 0 Å². The van der Waals surface area contributed by atoms with Gasteiger partial charge in [-0.3, -0.25) is 4.79 Å². The summed E-state index contributed by atoms with van der Waals surface area (Å²) in [6.45, 7) is 1.58. The van der Waals surface area contributed by atoms with E-state index in [-0.39, 0.29) is 6.04 Å². The molecule has 0 aliphatic carbocycles. The van der Waals surface area contributed by atoms with Crippen molar-refractivity contribution in [2.45, 2.75) is 37.8 Å². The Morgan fingerprint density at radius 3 is 2.53 bits per heavy atom. The van der Waals surface area contributed by atoms with Gasteiger partial charge in [0.2, 0.25) is 0 Å². The van der Waals surface area contributed by atoms with E-state index in [9.17, 15) is 9.59 Å². The average molecular weight is 212 g/mol. The van der Waals surface area contributed by atoms with Gasteiger partial charge >= 0.3 is 5.97 Å². The summed E-state index contributed by atoms with van der Waals surface area (Å²) >= 11 is 0. The number of hydrogen-bond donors (Lipinski definition) is 1. The third-order valence-electron chi connectivity index (χ3n) is 3.27. The van der Waals surface area contributed by atoms with Crippen molar-refractivity contribution in [2.75, 3.05) is 13.1 Å². The van der Waals surface area contributed by atoms with Crippen LogP contribution in [0, 0.1) is 0 Å². The van der Waals surface area contributed by atoms with Crippen LogP contribution in [0.4, 0.5) is 0 Å². The zero-order valence-corrected chi connectivity index (χ0v) is 8.63. The monoisotopic (exact) mass is 212 g/mol. The standard InChI is InChI=1S/C10H16N2O3/c13-7-8-3-1-5-11(8)12-6-2-4-9(12)10(14)15/h7-9H,1-6H2,(H,14,15)/t8?,9-/m0/s1. The molecule has 0 amide bonds. The number of nitrogens with zero attached hydrogens (tertiary/aromatic N) is 2. The third kappa shape index (κ3) is 1.89. The fourth-order valence-corrected chi connectivity index (χ4v) is 2.54. The molecule has 2 aliphatic rings. The molecule has 5 nitrogen and oxygen atoms in total. The van der Waals surface area contributed by atoms with Crippen molar-refractivity contribution in [1.29, 1.82) is 0 Å². The van der Waals surface area contributed by atoms with E-state index in [2.05, 4.69) is 0 Å². The van der Waals surface area contributed by atoms with Crippen molar-refractivity contribution in [3.63, 3.8) is 0 Å². The molecule has 84 valence electrons. The number of aldehydes is 1. The van der Waals surface area contributed by atoms with E-state index in [4.69, 9.17) is 5.11 Å². The second-order valence-corrected chi connectivity index (χ2v) is 4.17. The van der Waals surface area contributed by atoms with Gasteiger partial charge in [-0.05, 0) is 25.7 Å². The van der Waals surface area contributed by atoms with Crippen molar-refractivity contribution < 1.29 is 14.7 Å². The molecular formula is C10H16N2O3. The quantitative estimate of drug-likeness (QED) is 0.673. The predicted molar refractivity (Wildman–Crippen MR) is 53.2 cm³/mol. The van der Waals surface area contributed by atoms with E-state index in [0.717, 1.165) is 38.6 Å². The second kappa shape index (κ2) is 4.28. The molecule has 0 aromatic carbocycles. The molecule has 0 saturated carbocycles. The first-order valence-electron chi connectivity index (χ1n) is 5.45. The van der Waals surface area contributed by atoms with Gasteiger partial charge in [0, 0.05) is 13.1 Å². The molecule has 0 spiro atoms. The SMILES string of the molecule is O=CC1CCCN1N1CCC[C@H]1C(=O)O. The number of carboxylic acids is 1. The van der Waals surface area contributed by atoms with E-state index >= 15 is 0 Å². The van der Waals surface area contributed by atoms with Gasteiger partial charge in [0.05, 0.1) is 6.04 Å². The van der Waals surface area contributed by atoms with Crippen molar-refractivity contribution in [2.24, 2.45) is 0 Å². The van der Waals surface area contributed by atoms with Gasteiger partial charge in [0.1, 0.15) is 12.3 Å². The Hall–Kier alpha value is -0.940. The fourth-order valence-electron chi connectivity index (χ4n) is 2.54. The van der Waals surface area contributed by atoms with Crippen LogP contribution in [0.2, 0.25) is 0 Å². The molecule has 2 saturated heterocycles. The minimum absolute atomic E-state index is 0.107. The Balaban J connectivity index is 2.08. The second-order valence-electron chi connectivity index (χ2n) is 4.17. The highest BCUT2D eigenvalue weighted by Gasteiger charge is 2.38. The molecule has 2 fully saturated rings. The molecular weight excluding hydrogens is 196 g/mol. The van der Waals surface area contributed by atoms with E-state index in [0.29, 0.717) is 6.42 Å². The van der Waals surface area contributed by atoms with Gasteiger partial charge in [-0.25, -0.2) is 10.0 Å². The summed E-state index contributed by atoms with van der Waals surface area (Å²) in [6.07, 6.45) is 4.36. The summed E-state index contributed by atoms with van der Waals surface area (Å²) in [4.78, 5) is 21.8. The Labute approximate surface area is 88.6 Å². The largest absolute Gasteiger partial charge is 0.480 e. The molecule has 0 bridgehead atoms. The zero-order valence-electron chi connectivity index (χ0n) is 8.63. The van der Waals surface area contributed by atoms with Crippen LogP contribution < -0.4 is 0 Å². The molecule has 5 heteroatoms. The van der Waals surface area contributed by atoms with Crippen molar-refractivity contribution in [3.8, 4) is 0 Å². The zero-order chi connectivity index (χ0) is 10.8. The van der Waals surface area contributed by atoms with Crippen molar-refractivity contribution >= 4 is 12.3 Å². The Morgan fingerprint density at radius 2 is 1.87 bits per heavy atom. The smallest absolute Gasteiger partial charge is 0.322 e. The number of aliphatic carboxylic acids is 1. The Bertz CT molecular complexity index is 269. The molecule has 2 aliphatic heterocycles. The van der Waals surface area contributed by atoms with Crippen LogP contribution in [0.1, 0.15) is 25.7 Å². The van der Waals surface area contributed by atoms with Crippen LogP contribution in [0.15, 0.2) is 0 Å². The lowest BCUT2D eigenvalue weighted by molar-refractivity contribution is -0.152. The highest BCUT2D eigenvalue weighted by Crippen LogP contribution is 2.26. The normalized spacial score (nSPS) is 33.3. The molecule has 2 atom stereocenters. The number of carboxylic acid groups (broad SMARTS) is 1. The summed E-state index contributed by atoms with van der Waals surface area (Å²) in [5.41, 5.74) is 0. The Kier molecular flexibility index (Phi) is 3.02. The number of hydrazine groups is 1. The Morgan fingerprint density at radius 1 is 1.20 bits per heavy atom. The van der Waals surface area contributed by atoms with Gasteiger partial charge in [0.25, 0.3) is 0 Å². The molecule has 0 radical (unpaired) electrons. The molecule has 1 unspecified atom stereocenters. The van der Waals surface area contributed by atoms with E-state index in [1.54, 1.807) is 0 Å². The van der Waals surface area contributed by atoms with Gasteiger partial charge in [-0.1, -0.05) is 0 Å². The lowest BCUT2D eigenvalue weighted by Gasteiger charge is -2.33. The number of carbonyl (C=O) groups is 2.